The van der Waals surface area contributed by atoms with E-state index in [1.165, 1.54) is 6.07 Å². The molecule has 230 valence electrons. The van der Waals surface area contributed by atoms with E-state index in [1.54, 1.807) is 42.7 Å². The van der Waals surface area contributed by atoms with Crippen molar-refractivity contribution >= 4 is 22.8 Å². The second-order valence-electron chi connectivity index (χ2n) is 11.1. The normalized spacial score (nSPS) is 15.3. The molecule has 1 N–H and O–H groups in total. The van der Waals surface area contributed by atoms with Gasteiger partial charge in [-0.1, -0.05) is 12.1 Å². The number of anilines is 1. The summed E-state index contributed by atoms with van der Waals surface area (Å²) in [6, 6.07) is 17.0. The Hall–Kier alpha value is -5.28. The van der Waals surface area contributed by atoms with Crippen LogP contribution in [0, 0.1) is 17.1 Å². The molecule has 0 radical (unpaired) electrons. The van der Waals surface area contributed by atoms with Crippen molar-refractivity contribution in [3.8, 4) is 11.9 Å². The number of piperazine rings is 1. The summed E-state index contributed by atoms with van der Waals surface area (Å²) in [6.07, 6.45) is 3.64. The van der Waals surface area contributed by atoms with E-state index in [9.17, 15) is 14.3 Å². The van der Waals surface area contributed by atoms with E-state index in [1.807, 2.05) is 24.4 Å². The molecule has 0 saturated carbocycles. The van der Waals surface area contributed by atoms with Gasteiger partial charge in [-0.15, -0.1) is 0 Å². The van der Waals surface area contributed by atoms with Crippen LogP contribution in [-0.4, -0.2) is 65.7 Å². The molecule has 0 spiro atoms. The van der Waals surface area contributed by atoms with Gasteiger partial charge in [0.1, 0.15) is 24.1 Å². The van der Waals surface area contributed by atoms with Crippen LogP contribution in [0.5, 0.6) is 5.88 Å². The summed E-state index contributed by atoms with van der Waals surface area (Å²) in [5.41, 5.74) is 3.40. The predicted octanol–water partition coefficient (Wildman–Crippen LogP) is 4.69. The summed E-state index contributed by atoms with van der Waals surface area (Å²) in [5.74, 6) is 0.578. The smallest absolute Gasteiger partial charge is 0.335 e. The molecule has 6 rings (SSSR count). The quantitative estimate of drug-likeness (QED) is 0.240. The number of benzene rings is 2. The second kappa shape index (κ2) is 12.8. The van der Waals surface area contributed by atoms with Crippen LogP contribution in [0.1, 0.15) is 46.9 Å². The number of hydrogen-bond donors (Lipinski definition) is 1. The number of pyridine rings is 1. The van der Waals surface area contributed by atoms with Crippen LogP contribution in [0.2, 0.25) is 0 Å². The molecule has 1 saturated heterocycles. The lowest BCUT2D eigenvalue weighted by Crippen LogP contribution is -2.52. The number of carboxylic acid groups (broad SMARTS) is 1. The summed E-state index contributed by atoms with van der Waals surface area (Å²) >= 11 is 0. The zero-order valence-electron chi connectivity index (χ0n) is 25.1. The molecule has 0 bridgehead atoms. The van der Waals surface area contributed by atoms with Gasteiger partial charge in [-0.05, 0) is 50.2 Å². The minimum Gasteiger partial charge on any atom is -0.478 e. The third kappa shape index (κ3) is 6.34. The highest BCUT2D eigenvalue weighted by molar-refractivity contribution is 5.92. The first-order chi connectivity index (χ1) is 21.8. The molecule has 1 aliphatic heterocycles. The molecule has 1 atom stereocenters. The van der Waals surface area contributed by atoms with Crippen LogP contribution in [0.4, 0.5) is 10.2 Å². The van der Waals surface area contributed by atoms with Gasteiger partial charge in [-0.2, -0.15) is 10.2 Å². The lowest BCUT2D eigenvalue weighted by molar-refractivity contribution is 0.0697. The minimum absolute atomic E-state index is 0.00613. The fraction of sp³-hybridized carbons (Fsp3) is 0.303. The number of hydrogen-bond acceptors (Lipinski definition) is 8. The number of imidazole rings is 2. The van der Waals surface area contributed by atoms with Gasteiger partial charge in [0, 0.05) is 50.0 Å². The summed E-state index contributed by atoms with van der Waals surface area (Å²) in [6.45, 7) is 8.37. The molecular weight excluding hydrogens is 575 g/mol. The van der Waals surface area contributed by atoms with Gasteiger partial charge < -0.3 is 23.9 Å². The van der Waals surface area contributed by atoms with Crippen molar-refractivity contribution in [2.75, 3.05) is 24.5 Å². The maximum atomic E-state index is 14.3. The molecule has 1 fully saturated rings. The number of aromatic carboxylic acids is 1. The Labute approximate surface area is 259 Å². The first kappa shape index (κ1) is 29.8. The van der Waals surface area contributed by atoms with Gasteiger partial charge >= 0.3 is 5.97 Å². The molecular formula is C33H33FN8O3. The summed E-state index contributed by atoms with van der Waals surface area (Å²) in [7, 11) is 0. The predicted molar refractivity (Wildman–Crippen MR) is 165 cm³/mol. The first-order valence-electron chi connectivity index (χ1n) is 14.8. The number of aryl methyl sites for hydroxylation is 1. The number of nitriles is 1. The molecule has 11 nitrogen and oxygen atoms in total. The molecule has 0 unspecified atom stereocenters. The first-order valence-corrected chi connectivity index (χ1v) is 14.8. The van der Waals surface area contributed by atoms with Crippen molar-refractivity contribution in [1.82, 2.24) is 29.0 Å². The Morgan fingerprint density at radius 2 is 2.00 bits per heavy atom. The monoisotopic (exact) mass is 608 g/mol. The highest BCUT2D eigenvalue weighted by Gasteiger charge is 2.27. The fourth-order valence-corrected chi connectivity index (χ4v) is 5.70. The maximum absolute atomic E-state index is 14.3. The molecule has 0 amide bonds. The molecule has 2 aromatic carbocycles. The Bertz CT molecular complexity index is 1890. The summed E-state index contributed by atoms with van der Waals surface area (Å²) in [4.78, 5) is 30.3. The Morgan fingerprint density at radius 1 is 1.13 bits per heavy atom. The second-order valence-corrected chi connectivity index (χ2v) is 11.1. The van der Waals surface area contributed by atoms with Crippen LogP contribution in [0.15, 0.2) is 67.1 Å². The van der Waals surface area contributed by atoms with E-state index in [0.717, 1.165) is 54.5 Å². The standard InChI is InChI=1S/C33H33FN8O3/c1-3-39-21-36-16-26(39)18-42-29-14-24(33(43)44)9-10-28(29)37-31(42)19-40-11-12-41(17-22(40)2)30-5-4-6-32(38-30)45-20-25-8-7-23(15-35)13-27(25)34/h4-10,13-14,16,21-22H,3,11-12,17-20H2,1-2H3,(H,43,44)/t22-/m0/s1. The Morgan fingerprint density at radius 3 is 2.76 bits per heavy atom. The number of ether oxygens (including phenoxy) is 1. The topological polar surface area (TPSA) is 125 Å². The van der Waals surface area contributed by atoms with Gasteiger partial charge in [0.15, 0.2) is 0 Å². The lowest BCUT2D eigenvalue weighted by atomic mass is 10.1. The summed E-state index contributed by atoms with van der Waals surface area (Å²) < 4.78 is 24.3. The molecule has 5 aromatic rings. The Balaban J connectivity index is 1.17. The van der Waals surface area contributed by atoms with E-state index in [-0.39, 0.29) is 23.8 Å². The average molecular weight is 609 g/mol. The molecule has 3 aromatic heterocycles. The van der Waals surface area contributed by atoms with Crippen molar-refractivity contribution in [3.63, 3.8) is 0 Å². The highest BCUT2D eigenvalue weighted by Crippen LogP contribution is 2.25. The average Bonchev–Trinajstić information content (AvgIpc) is 3.65. The van der Waals surface area contributed by atoms with E-state index >= 15 is 0 Å². The van der Waals surface area contributed by atoms with Crippen molar-refractivity contribution in [2.24, 2.45) is 0 Å². The summed E-state index contributed by atoms with van der Waals surface area (Å²) in [5, 5.41) is 18.6. The molecule has 0 aliphatic carbocycles. The molecule has 12 heteroatoms. The SMILES string of the molecule is CCn1cncc1Cn1c(CN2CCN(c3cccc(OCc4ccc(C#N)cc4F)n3)C[C@@H]2C)nc2ccc(C(=O)O)cc21. The number of aromatic nitrogens is 5. The third-order valence-electron chi connectivity index (χ3n) is 8.23. The van der Waals surface area contributed by atoms with Gasteiger partial charge in [0.25, 0.3) is 0 Å². The largest absolute Gasteiger partial charge is 0.478 e. The van der Waals surface area contributed by atoms with Crippen LogP contribution >= 0.6 is 0 Å². The Kier molecular flexibility index (Phi) is 8.44. The molecule has 4 heterocycles. The fourth-order valence-electron chi connectivity index (χ4n) is 5.70. The number of carbonyl (C=O) groups is 1. The van der Waals surface area contributed by atoms with Crippen molar-refractivity contribution in [2.45, 2.75) is 46.1 Å². The maximum Gasteiger partial charge on any atom is 0.335 e. The van der Waals surface area contributed by atoms with Crippen molar-refractivity contribution in [1.29, 1.82) is 5.26 Å². The van der Waals surface area contributed by atoms with Crippen LogP contribution < -0.4 is 9.64 Å². The number of rotatable bonds is 10. The highest BCUT2D eigenvalue weighted by atomic mass is 19.1. The van der Waals surface area contributed by atoms with E-state index in [2.05, 4.69) is 42.7 Å². The number of carboxylic acids is 1. The zero-order valence-corrected chi connectivity index (χ0v) is 25.1. The molecule has 1 aliphatic rings. The number of nitrogens with zero attached hydrogens (tertiary/aromatic N) is 8. The zero-order chi connectivity index (χ0) is 31.5. The van der Waals surface area contributed by atoms with Gasteiger partial charge in [0.2, 0.25) is 5.88 Å². The van der Waals surface area contributed by atoms with E-state index in [4.69, 9.17) is 15.0 Å². The van der Waals surface area contributed by atoms with Crippen molar-refractivity contribution < 1.29 is 19.0 Å². The number of fused-ring (bicyclic) bond motifs is 1. The van der Waals surface area contributed by atoms with Gasteiger partial charge in [0.05, 0.1) is 53.3 Å². The third-order valence-corrected chi connectivity index (χ3v) is 8.23. The number of halogens is 1. The molecule has 45 heavy (non-hydrogen) atoms. The lowest BCUT2D eigenvalue weighted by Gasteiger charge is -2.40. The van der Waals surface area contributed by atoms with E-state index in [0.29, 0.717) is 24.5 Å². The van der Waals surface area contributed by atoms with Crippen molar-refractivity contribution in [3.05, 3.63) is 101 Å². The van der Waals surface area contributed by atoms with Gasteiger partial charge in [-0.25, -0.2) is 19.2 Å². The van der Waals surface area contributed by atoms with Crippen LogP contribution in [0.3, 0.4) is 0 Å². The van der Waals surface area contributed by atoms with E-state index < -0.39 is 11.8 Å². The minimum atomic E-state index is -0.973. The van der Waals surface area contributed by atoms with Gasteiger partial charge in [-0.3, -0.25) is 4.90 Å². The van der Waals surface area contributed by atoms with Crippen LogP contribution in [-0.2, 0) is 26.2 Å². The van der Waals surface area contributed by atoms with Crippen LogP contribution in [0.25, 0.3) is 11.0 Å².